The second-order valence-electron chi connectivity index (χ2n) is 4.47. The van der Waals surface area contributed by atoms with Crippen molar-refractivity contribution in [2.75, 3.05) is 13.1 Å². The van der Waals surface area contributed by atoms with Crippen LogP contribution in [0, 0.1) is 0 Å². The van der Waals surface area contributed by atoms with E-state index in [1.807, 2.05) is 32.0 Å². The van der Waals surface area contributed by atoms with Gasteiger partial charge in [0, 0.05) is 19.3 Å². The highest BCUT2D eigenvalue weighted by molar-refractivity contribution is 5.03. The Morgan fingerprint density at radius 1 is 1.38 bits per heavy atom. The summed E-state index contributed by atoms with van der Waals surface area (Å²) in [5, 5.41) is 10.0. The van der Waals surface area contributed by atoms with Crippen LogP contribution in [0.2, 0.25) is 0 Å². The molecule has 0 bridgehead atoms. The van der Waals surface area contributed by atoms with E-state index in [1.54, 1.807) is 6.20 Å². The van der Waals surface area contributed by atoms with Gasteiger partial charge in [0.25, 0.3) is 0 Å². The van der Waals surface area contributed by atoms with E-state index in [9.17, 15) is 5.11 Å². The molecule has 1 atom stereocenters. The molecule has 1 rings (SSSR count). The smallest absolute Gasteiger partial charge is 0.0743 e. The Kier molecular flexibility index (Phi) is 4.90. The third-order valence-corrected chi connectivity index (χ3v) is 2.88. The van der Waals surface area contributed by atoms with Crippen LogP contribution in [-0.4, -0.2) is 33.7 Å². The van der Waals surface area contributed by atoms with Gasteiger partial charge in [-0.15, -0.1) is 0 Å². The van der Waals surface area contributed by atoms with Gasteiger partial charge in [-0.3, -0.25) is 9.88 Å². The van der Waals surface area contributed by atoms with Crippen LogP contribution in [0.5, 0.6) is 0 Å². The molecule has 1 heterocycles. The highest BCUT2D eigenvalue weighted by atomic mass is 16.3. The highest BCUT2D eigenvalue weighted by Gasteiger charge is 2.21. The Balaban J connectivity index is 2.56. The first-order valence-corrected chi connectivity index (χ1v) is 5.92. The molecule has 1 N–H and O–H groups in total. The topological polar surface area (TPSA) is 36.4 Å². The molecule has 1 aromatic heterocycles. The summed E-state index contributed by atoms with van der Waals surface area (Å²) >= 11 is 0. The molecular formula is C13H22N2O. The van der Waals surface area contributed by atoms with Gasteiger partial charge >= 0.3 is 0 Å². The van der Waals surface area contributed by atoms with Crippen molar-refractivity contribution in [2.45, 2.75) is 39.3 Å². The minimum atomic E-state index is -0.606. The predicted molar refractivity (Wildman–Crippen MR) is 66.1 cm³/mol. The van der Waals surface area contributed by atoms with E-state index >= 15 is 0 Å². The van der Waals surface area contributed by atoms with Crippen molar-refractivity contribution >= 4 is 0 Å². The molecule has 90 valence electrons. The molecule has 0 aliphatic heterocycles. The van der Waals surface area contributed by atoms with Crippen LogP contribution in [0.25, 0.3) is 0 Å². The Hall–Kier alpha value is -0.930. The van der Waals surface area contributed by atoms with Gasteiger partial charge in [-0.25, -0.2) is 0 Å². The average molecular weight is 222 g/mol. The number of hydrogen-bond acceptors (Lipinski definition) is 3. The molecule has 0 spiro atoms. The summed E-state index contributed by atoms with van der Waals surface area (Å²) in [7, 11) is 0. The molecule has 3 nitrogen and oxygen atoms in total. The largest absolute Gasteiger partial charge is 0.389 e. The van der Waals surface area contributed by atoms with E-state index in [-0.39, 0.29) is 0 Å². The molecule has 0 aliphatic carbocycles. The molecule has 0 aliphatic rings. The van der Waals surface area contributed by atoms with Crippen molar-refractivity contribution in [2.24, 2.45) is 0 Å². The summed E-state index contributed by atoms with van der Waals surface area (Å²) in [5.74, 6) is 0. The summed E-state index contributed by atoms with van der Waals surface area (Å²) in [4.78, 5) is 6.51. The number of rotatable bonds is 6. The van der Waals surface area contributed by atoms with Gasteiger partial charge in [0.1, 0.15) is 0 Å². The molecule has 1 unspecified atom stereocenters. The first-order valence-electron chi connectivity index (χ1n) is 5.92. The minimum Gasteiger partial charge on any atom is -0.389 e. The van der Waals surface area contributed by atoms with Gasteiger partial charge in [0.2, 0.25) is 0 Å². The molecule has 1 aromatic rings. The number of aliphatic hydroxyl groups is 1. The lowest BCUT2D eigenvalue weighted by atomic mass is 10.0. The molecule has 0 fully saturated rings. The molecule has 3 heteroatoms. The third-order valence-electron chi connectivity index (χ3n) is 2.88. The van der Waals surface area contributed by atoms with Gasteiger partial charge in [-0.2, -0.15) is 0 Å². The van der Waals surface area contributed by atoms with Crippen molar-refractivity contribution in [3.05, 3.63) is 30.1 Å². The van der Waals surface area contributed by atoms with Crippen LogP contribution in [0.1, 0.15) is 32.9 Å². The van der Waals surface area contributed by atoms with E-state index in [0.29, 0.717) is 6.54 Å². The maximum atomic E-state index is 10.0. The zero-order valence-corrected chi connectivity index (χ0v) is 10.5. The maximum Gasteiger partial charge on any atom is 0.0743 e. The van der Waals surface area contributed by atoms with E-state index < -0.39 is 5.60 Å². The van der Waals surface area contributed by atoms with E-state index in [1.165, 1.54) is 0 Å². The van der Waals surface area contributed by atoms with Crippen molar-refractivity contribution < 1.29 is 5.11 Å². The Morgan fingerprint density at radius 2 is 2.12 bits per heavy atom. The lowest BCUT2D eigenvalue weighted by Gasteiger charge is -2.29. The number of nitrogens with zero attached hydrogens (tertiary/aromatic N) is 2. The third kappa shape index (κ3) is 4.29. The number of hydrogen-bond donors (Lipinski definition) is 1. The highest BCUT2D eigenvalue weighted by Crippen LogP contribution is 2.12. The fraction of sp³-hybridized carbons (Fsp3) is 0.615. The Morgan fingerprint density at radius 3 is 2.62 bits per heavy atom. The van der Waals surface area contributed by atoms with Crippen molar-refractivity contribution in [3.63, 3.8) is 0 Å². The van der Waals surface area contributed by atoms with Crippen LogP contribution >= 0.6 is 0 Å². The second kappa shape index (κ2) is 5.97. The van der Waals surface area contributed by atoms with Gasteiger partial charge in [0.15, 0.2) is 0 Å². The fourth-order valence-electron chi connectivity index (χ4n) is 1.59. The lowest BCUT2D eigenvalue weighted by Crippen LogP contribution is -2.40. The van der Waals surface area contributed by atoms with Crippen LogP contribution < -0.4 is 0 Å². The van der Waals surface area contributed by atoms with Crippen molar-refractivity contribution in [3.8, 4) is 0 Å². The quantitative estimate of drug-likeness (QED) is 0.800. The number of likely N-dealkylation sites (N-methyl/N-ethyl adjacent to an activating group) is 1. The fourth-order valence-corrected chi connectivity index (χ4v) is 1.59. The average Bonchev–Trinajstić information content (AvgIpc) is 2.29. The monoisotopic (exact) mass is 222 g/mol. The van der Waals surface area contributed by atoms with Gasteiger partial charge in [-0.05, 0) is 32.0 Å². The molecule has 16 heavy (non-hydrogen) atoms. The first kappa shape index (κ1) is 13.1. The summed E-state index contributed by atoms with van der Waals surface area (Å²) in [6.07, 6.45) is 2.58. The molecule has 0 saturated heterocycles. The summed E-state index contributed by atoms with van der Waals surface area (Å²) in [5.41, 5.74) is 0.446. The summed E-state index contributed by atoms with van der Waals surface area (Å²) in [6, 6.07) is 5.93. The molecule has 0 aromatic carbocycles. The van der Waals surface area contributed by atoms with E-state index in [0.717, 1.165) is 25.2 Å². The normalized spacial score (nSPS) is 15.1. The number of aromatic nitrogens is 1. The zero-order valence-electron chi connectivity index (χ0n) is 10.5. The SMILES string of the molecule is CCN(Cc1ccccn1)CC(C)(O)CC. The first-order chi connectivity index (χ1) is 7.57. The lowest BCUT2D eigenvalue weighted by molar-refractivity contribution is 0.0152. The second-order valence-corrected chi connectivity index (χ2v) is 4.47. The molecule has 0 radical (unpaired) electrons. The standard InChI is InChI=1S/C13H22N2O/c1-4-13(3,16)11-15(5-2)10-12-8-6-7-9-14-12/h6-9,16H,4-5,10-11H2,1-3H3. The minimum absolute atomic E-state index is 0.606. The van der Waals surface area contributed by atoms with Crippen molar-refractivity contribution in [1.82, 2.24) is 9.88 Å². The van der Waals surface area contributed by atoms with Crippen molar-refractivity contribution in [1.29, 1.82) is 0 Å². The summed E-state index contributed by atoms with van der Waals surface area (Å²) < 4.78 is 0. The zero-order chi connectivity index (χ0) is 12.0. The van der Waals surface area contributed by atoms with Gasteiger partial charge < -0.3 is 5.11 Å². The number of pyridine rings is 1. The molecule has 0 saturated carbocycles. The molecular weight excluding hydrogens is 200 g/mol. The molecule has 0 amide bonds. The van der Waals surface area contributed by atoms with E-state index in [2.05, 4.69) is 16.8 Å². The maximum absolute atomic E-state index is 10.0. The Bertz CT molecular complexity index is 298. The van der Waals surface area contributed by atoms with Crippen LogP contribution in [-0.2, 0) is 6.54 Å². The van der Waals surface area contributed by atoms with Crippen LogP contribution in [0.4, 0.5) is 0 Å². The van der Waals surface area contributed by atoms with Gasteiger partial charge in [-0.1, -0.05) is 19.9 Å². The summed E-state index contributed by atoms with van der Waals surface area (Å²) in [6.45, 7) is 8.41. The van der Waals surface area contributed by atoms with Crippen LogP contribution in [0.15, 0.2) is 24.4 Å². The van der Waals surface area contributed by atoms with E-state index in [4.69, 9.17) is 0 Å². The van der Waals surface area contributed by atoms with Crippen LogP contribution in [0.3, 0.4) is 0 Å². The predicted octanol–water partition coefficient (Wildman–Crippen LogP) is 2.06. The van der Waals surface area contributed by atoms with Gasteiger partial charge in [0.05, 0.1) is 11.3 Å². The Labute approximate surface area is 98.1 Å².